The molecular formula is C19H21N5O2S. The number of carbonyl (C=O) groups excluding carboxylic acids is 1. The Morgan fingerprint density at radius 1 is 1.11 bits per heavy atom. The molecule has 1 N–H and O–H groups in total. The average Bonchev–Trinajstić information content (AvgIpc) is 3.11. The van der Waals surface area contributed by atoms with Crippen LogP contribution in [0.15, 0.2) is 47.3 Å². The van der Waals surface area contributed by atoms with E-state index < -0.39 is 0 Å². The Morgan fingerprint density at radius 2 is 1.93 bits per heavy atom. The van der Waals surface area contributed by atoms with Gasteiger partial charge in [-0.1, -0.05) is 61.4 Å². The summed E-state index contributed by atoms with van der Waals surface area (Å²) in [5, 5.41) is 16.4. The summed E-state index contributed by atoms with van der Waals surface area (Å²) in [6.07, 6.45) is 4.21. The van der Waals surface area contributed by atoms with E-state index in [2.05, 4.69) is 27.5 Å². The maximum absolute atomic E-state index is 12.3. The molecule has 0 atom stereocenters. The quantitative estimate of drug-likeness (QED) is 0.604. The summed E-state index contributed by atoms with van der Waals surface area (Å²) in [5.74, 6) is -0.355. The molecule has 7 nitrogen and oxygen atoms in total. The summed E-state index contributed by atoms with van der Waals surface area (Å²) in [6.45, 7) is 1.97. The van der Waals surface area contributed by atoms with Crippen LogP contribution in [-0.2, 0) is 17.8 Å². The molecule has 27 heavy (non-hydrogen) atoms. The third-order valence-electron chi connectivity index (χ3n) is 3.94. The fourth-order valence-electron chi connectivity index (χ4n) is 2.55. The van der Waals surface area contributed by atoms with Gasteiger partial charge in [0.05, 0.1) is 5.69 Å². The van der Waals surface area contributed by atoms with Gasteiger partial charge < -0.3 is 0 Å². The van der Waals surface area contributed by atoms with Crippen molar-refractivity contribution in [3.05, 3.63) is 57.8 Å². The van der Waals surface area contributed by atoms with E-state index in [1.807, 2.05) is 30.3 Å². The van der Waals surface area contributed by atoms with Crippen molar-refractivity contribution in [3.63, 3.8) is 0 Å². The summed E-state index contributed by atoms with van der Waals surface area (Å²) in [5.41, 5.74) is 1.19. The molecule has 1 aromatic carbocycles. The van der Waals surface area contributed by atoms with Crippen molar-refractivity contribution >= 4 is 22.4 Å². The summed E-state index contributed by atoms with van der Waals surface area (Å²) in [7, 11) is 0. The molecule has 3 aromatic rings. The summed E-state index contributed by atoms with van der Waals surface area (Å²) in [4.78, 5) is 24.3. The molecule has 0 fully saturated rings. The number of rotatable bonds is 8. The molecular weight excluding hydrogens is 362 g/mol. The first kappa shape index (κ1) is 18.9. The number of hydrogen-bond acceptors (Lipinski definition) is 6. The van der Waals surface area contributed by atoms with E-state index in [0.29, 0.717) is 10.8 Å². The highest BCUT2D eigenvalue weighted by Crippen LogP contribution is 2.17. The fraction of sp³-hybridized carbons (Fsp3) is 0.316. The van der Waals surface area contributed by atoms with E-state index in [1.54, 1.807) is 6.07 Å². The third kappa shape index (κ3) is 5.30. The van der Waals surface area contributed by atoms with Crippen molar-refractivity contribution in [2.75, 3.05) is 5.32 Å². The Bertz CT molecular complexity index is 952. The van der Waals surface area contributed by atoms with Crippen LogP contribution in [0.1, 0.15) is 31.2 Å². The molecule has 0 spiro atoms. The highest BCUT2D eigenvalue weighted by molar-refractivity contribution is 7.15. The lowest BCUT2D eigenvalue weighted by Gasteiger charge is -2.06. The zero-order chi connectivity index (χ0) is 19.1. The predicted octanol–water partition coefficient (Wildman–Crippen LogP) is 3.13. The second kappa shape index (κ2) is 9.18. The summed E-state index contributed by atoms with van der Waals surface area (Å²) in [6, 6.07) is 12.6. The van der Waals surface area contributed by atoms with Gasteiger partial charge in [0.15, 0.2) is 0 Å². The highest BCUT2D eigenvalue weighted by atomic mass is 32.1. The van der Waals surface area contributed by atoms with E-state index in [9.17, 15) is 9.59 Å². The van der Waals surface area contributed by atoms with Crippen LogP contribution < -0.4 is 10.9 Å². The van der Waals surface area contributed by atoms with E-state index in [4.69, 9.17) is 0 Å². The number of nitrogens with zero attached hydrogens (tertiary/aromatic N) is 4. The molecule has 2 heterocycles. The number of nitrogens with one attached hydrogen (secondary N) is 1. The Morgan fingerprint density at radius 3 is 2.70 bits per heavy atom. The van der Waals surface area contributed by atoms with Crippen LogP contribution in [0.5, 0.6) is 0 Å². The second-order valence-corrected chi connectivity index (χ2v) is 7.15. The molecule has 0 aliphatic heterocycles. The minimum Gasteiger partial charge on any atom is -0.299 e. The van der Waals surface area contributed by atoms with Gasteiger partial charge in [0, 0.05) is 18.1 Å². The number of anilines is 1. The largest absolute Gasteiger partial charge is 0.299 e. The molecule has 1 amide bonds. The molecule has 8 heteroatoms. The van der Waals surface area contributed by atoms with Gasteiger partial charge in [-0.15, -0.1) is 10.2 Å². The van der Waals surface area contributed by atoms with Crippen LogP contribution in [0.2, 0.25) is 0 Å². The average molecular weight is 383 g/mol. The molecule has 0 unspecified atom stereocenters. The minimum absolute atomic E-state index is 0.176. The van der Waals surface area contributed by atoms with Gasteiger partial charge in [-0.25, -0.2) is 4.68 Å². The Balaban J connectivity index is 1.65. The van der Waals surface area contributed by atoms with E-state index in [1.165, 1.54) is 17.4 Å². The molecule has 2 aromatic heterocycles. The molecule has 0 saturated heterocycles. The molecule has 0 aliphatic carbocycles. The van der Waals surface area contributed by atoms with Gasteiger partial charge >= 0.3 is 0 Å². The normalized spacial score (nSPS) is 10.7. The van der Waals surface area contributed by atoms with E-state index >= 15 is 0 Å². The lowest BCUT2D eigenvalue weighted by Crippen LogP contribution is -2.29. The maximum Gasteiger partial charge on any atom is 0.267 e. The van der Waals surface area contributed by atoms with Gasteiger partial charge in [-0.05, 0) is 12.5 Å². The van der Waals surface area contributed by atoms with Gasteiger partial charge in [0.2, 0.25) is 11.0 Å². The number of carbonyl (C=O) groups is 1. The SMILES string of the molecule is CCCCCc1nnc(NC(=O)Cn2nc(-c3ccccc3)ccc2=O)s1. The maximum atomic E-state index is 12.3. The Hall–Kier alpha value is -2.87. The monoisotopic (exact) mass is 383 g/mol. The van der Waals surface area contributed by atoms with Gasteiger partial charge in [-0.3, -0.25) is 14.9 Å². The molecule has 0 bridgehead atoms. The number of aromatic nitrogens is 4. The zero-order valence-corrected chi connectivity index (χ0v) is 15.9. The Kier molecular flexibility index (Phi) is 6.43. The Labute approximate surface area is 161 Å². The van der Waals surface area contributed by atoms with Gasteiger partial charge in [-0.2, -0.15) is 5.10 Å². The topological polar surface area (TPSA) is 89.8 Å². The molecule has 0 saturated carbocycles. The van der Waals surface area contributed by atoms with Crippen molar-refractivity contribution in [1.29, 1.82) is 0 Å². The van der Waals surface area contributed by atoms with Crippen molar-refractivity contribution in [2.45, 2.75) is 39.2 Å². The summed E-state index contributed by atoms with van der Waals surface area (Å²) >= 11 is 1.36. The number of benzene rings is 1. The van der Waals surface area contributed by atoms with E-state index in [0.717, 1.165) is 40.9 Å². The smallest absolute Gasteiger partial charge is 0.267 e. The molecule has 3 rings (SSSR count). The van der Waals surface area contributed by atoms with Crippen LogP contribution in [0.25, 0.3) is 11.3 Å². The van der Waals surface area contributed by atoms with Crippen LogP contribution in [0.3, 0.4) is 0 Å². The standard InChI is InChI=1S/C19H21N5O2S/c1-2-3-5-10-17-21-22-19(27-17)20-16(25)13-24-18(26)12-11-15(23-24)14-8-6-4-7-9-14/h4,6-9,11-12H,2-3,5,10,13H2,1H3,(H,20,22,25). The second-order valence-electron chi connectivity index (χ2n) is 6.09. The lowest BCUT2D eigenvalue weighted by atomic mass is 10.1. The fourth-order valence-corrected chi connectivity index (χ4v) is 3.35. The first-order valence-electron chi connectivity index (χ1n) is 8.91. The predicted molar refractivity (Wildman–Crippen MR) is 106 cm³/mol. The van der Waals surface area contributed by atoms with Crippen molar-refractivity contribution < 1.29 is 4.79 Å². The highest BCUT2D eigenvalue weighted by Gasteiger charge is 2.11. The van der Waals surface area contributed by atoms with Gasteiger partial charge in [0.25, 0.3) is 5.56 Å². The first-order chi connectivity index (χ1) is 13.2. The van der Waals surface area contributed by atoms with Crippen molar-refractivity contribution in [3.8, 4) is 11.3 Å². The van der Waals surface area contributed by atoms with Crippen LogP contribution in [-0.4, -0.2) is 25.9 Å². The minimum atomic E-state index is -0.355. The number of hydrogen-bond donors (Lipinski definition) is 1. The van der Waals surface area contributed by atoms with Crippen molar-refractivity contribution in [2.24, 2.45) is 0 Å². The van der Waals surface area contributed by atoms with Gasteiger partial charge in [0.1, 0.15) is 11.6 Å². The number of amides is 1. The number of aryl methyl sites for hydroxylation is 1. The molecule has 0 aliphatic rings. The first-order valence-corrected chi connectivity index (χ1v) is 9.73. The van der Waals surface area contributed by atoms with Crippen LogP contribution in [0, 0.1) is 0 Å². The summed E-state index contributed by atoms with van der Waals surface area (Å²) < 4.78 is 1.15. The lowest BCUT2D eigenvalue weighted by molar-refractivity contribution is -0.117. The zero-order valence-electron chi connectivity index (χ0n) is 15.1. The van der Waals surface area contributed by atoms with E-state index in [-0.39, 0.29) is 18.0 Å². The third-order valence-corrected chi connectivity index (χ3v) is 4.84. The molecule has 0 radical (unpaired) electrons. The van der Waals surface area contributed by atoms with Crippen molar-refractivity contribution in [1.82, 2.24) is 20.0 Å². The number of unbranched alkanes of at least 4 members (excludes halogenated alkanes) is 2. The van der Waals surface area contributed by atoms with Crippen LogP contribution in [0.4, 0.5) is 5.13 Å². The van der Waals surface area contributed by atoms with Crippen LogP contribution >= 0.6 is 11.3 Å². The molecule has 140 valence electrons.